The fraction of sp³-hybridized carbons (Fsp3) is 0.381. The molecule has 0 saturated carbocycles. The molecule has 6 nitrogen and oxygen atoms in total. The number of benzene rings is 1. The number of rotatable bonds is 7. The number of carbonyl (C=O) groups excluding carboxylic acids is 1. The van der Waals surface area contributed by atoms with Crippen molar-refractivity contribution in [1.29, 1.82) is 0 Å². The third-order valence-electron chi connectivity index (χ3n) is 4.03. The number of hydrogen-bond donors (Lipinski definition) is 2. The summed E-state index contributed by atoms with van der Waals surface area (Å²) in [6.45, 7) is 9.81. The van der Waals surface area contributed by atoms with Crippen LogP contribution in [0, 0.1) is 6.92 Å². The molecule has 0 aliphatic rings. The normalized spacial score (nSPS) is 10.3. The first-order valence-corrected chi connectivity index (χ1v) is 10.5. The number of nitrogens with one attached hydrogen (secondary N) is 1. The first-order chi connectivity index (χ1) is 13.6. The van der Waals surface area contributed by atoms with Gasteiger partial charge in [0, 0.05) is 25.3 Å². The van der Waals surface area contributed by atoms with Crippen molar-refractivity contribution in [2.45, 2.75) is 34.1 Å². The van der Waals surface area contributed by atoms with E-state index in [1.54, 1.807) is 4.90 Å². The van der Waals surface area contributed by atoms with E-state index in [-0.39, 0.29) is 5.91 Å². The van der Waals surface area contributed by atoms with Gasteiger partial charge in [0.05, 0.1) is 10.3 Å². The highest BCUT2D eigenvalue weighted by atomic mass is 32.1. The van der Waals surface area contributed by atoms with Crippen molar-refractivity contribution in [1.82, 2.24) is 14.9 Å². The second kappa shape index (κ2) is 10.7. The summed E-state index contributed by atoms with van der Waals surface area (Å²) in [5.74, 6) is 0.705. The number of carbonyl (C=O) groups is 1. The van der Waals surface area contributed by atoms with Crippen LogP contribution in [0.5, 0.6) is 0 Å². The number of aromatic nitrogens is 2. The number of nitrogens with zero attached hydrogens (tertiary/aromatic N) is 3. The van der Waals surface area contributed by atoms with Crippen LogP contribution in [0.1, 0.15) is 42.4 Å². The van der Waals surface area contributed by atoms with Crippen molar-refractivity contribution in [2.24, 2.45) is 5.73 Å². The number of anilines is 2. The Labute approximate surface area is 170 Å². The fourth-order valence-electron chi connectivity index (χ4n) is 2.73. The minimum Gasteiger partial charge on any atom is -0.340 e. The minimum atomic E-state index is 0.00147. The van der Waals surface area contributed by atoms with Crippen LogP contribution in [0.15, 0.2) is 36.7 Å². The van der Waals surface area contributed by atoms with Crippen LogP contribution in [0.25, 0.3) is 10.2 Å². The van der Waals surface area contributed by atoms with Gasteiger partial charge in [-0.3, -0.25) is 4.79 Å². The third-order valence-corrected chi connectivity index (χ3v) is 5.07. The molecule has 0 bridgehead atoms. The van der Waals surface area contributed by atoms with Crippen LogP contribution in [-0.4, -0.2) is 40.4 Å². The Hall–Kier alpha value is -2.51. The lowest BCUT2D eigenvalue weighted by molar-refractivity contribution is 0.0765. The number of amides is 1. The summed E-state index contributed by atoms with van der Waals surface area (Å²) >= 11 is 1.39. The molecular weight excluding hydrogens is 370 g/mol. The maximum atomic E-state index is 12.8. The minimum absolute atomic E-state index is 0.00147. The molecule has 3 aromatic rings. The number of hydrogen-bond acceptors (Lipinski definition) is 6. The van der Waals surface area contributed by atoms with Gasteiger partial charge in [0.25, 0.3) is 5.91 Å². The second-order valence-corrected chi connectivity index (χ2v) is 7.15. The van der Waals surface area contributed by atoms with E-state index in [2.05, 4.69) is 22.2 Å². The molecule has 0 aliphatic carbocycles. The van der Waals surface area contributed by atoms with Gasteiger partial charge in [-0.05, 0) is 31.5 Å². The molecule has 0 fully saturated rings. The van der Waals surface area contributed by atoms with Gasteiger partial charge in [0.2, 0.25) is 0 Å². The Kier molecular flexibility index (Phi) is 8.35. The summed E-state index contributed by atoms with van der Waals surface area (Å²) in [5, 5.41) is 4.17. The summed E-state index contributed by atoms with van der Waals surface area (Å²) in [6, 6.07) is 9.97. The number of fused-ring (bicyclic) bond motifs is 1. The predicted octanol–water partition coefficient (Wildman–Crippen LogP) is 4.58. The van der Waals surface area contributed by atoms with Crippen LogP contribution < -0.4 is 11.1 Å². The Balaban J connectivity index is 0.00000136. The van der Waals surface area contributed by atoms with Crippen molar-refractivity contribution in [2.75, 3.05) is 25.0 Å². The highest BCUT2D eigenvalue weighted by Gasteiger charge is 2.19. The molecule has 0 aliphatic heterocycles. The van der Waals surface area contributed by atoms with Crippen molar-refractivity contribution in [3.8, 4) is 0 Å². The average Bonchev–Trinajstić information content (AvgIpc) is 3.16. The van der Waals surface area contributed by atoms with Gasteiger partial charge in [0.15, 0.2) is 0 Å². The average molecular weight is 400 g/mol. The summed E-state index contributed by atoms with van der Waals surface area (Å²) < 4.78 is 0. The van der Waals surface area contributed by atoms with Gasteiger partial charge < -0.3 is 16.0 Å². The highest BCUT2D eigenvalue weighted by molar-refractivity contribution is 7.20. The largest absolute Gasteiger partial charge is 0.340 e. The van der Waals surface area contributed by atoms with Crippen LogP contribution in [0.4, 0.5) is 11.5 Å². The van der Waals surface area contributed by atoms with E-state index in [1.807, 2.05) is 51.1 Å². The molecule has 0 spiro atoms. The fourth-order valence-corrected chi connectivity index (χ4v) is 3.70. The highest BCUT2D eigenvalue weighted by Crippen LogP contribution is 2.30. The van der Waals surface area contributed by atoms with Crippen molar-refractivity contribution in [3.05, 3.63) is 47.1 Å². The first kappa shape index (κ1) is 21.8. The van der Waals surface area contributed by atoms with Gasteiger partial charge in [-0.25, -0.2) is 9.97 Å². The lowest BCUT2D eigenvalue weighted by Crippen LogP contribution is -2.35. The van der Waals surface area contributed by atoms with Crippen LogP contribution in [-0.2, 0) is 0 Å². The monoisotopic (exact) mass is 399 g/mol. The van der Waals surface area contributed by atoms with E-state index in [0.717, 1.165) is 22.3 Å². The SMILES string of the molecule is CC.CCCN(CCN)C(=O)c1cc2c(Nc3ccc(C)cc3)ncnc2s1. The molecule has 0 radical (unpaired) electrons. The van der Waals surface area contributed by atoms with Crippen molar-refractivity contribution >= 4 is 39.0 Å². The quantitative estimate of drug-likeness (QED) is 0.607. The van der Waals surface area contributed by atoms with Gasteiger partial charge >= 0.3 is 0 Å². The van der Waals surface area contributed by atoms with Gasteiger partial charge in [-0.1, -0.05) is 38.5 Å². The van der Waals surface area contributed by atoms with Gasteiger partial charge in [-0.15, -0.1) is 11.3 Å². The lowest BCUT2D eigenvalue weighted by Gasteiger charge is -2.20. The van der Waals surface area contributed by atoms with Crippen LogP contribution in [0.2, 0.25) is 0 Å². The summed E-state index contributed by atoms with van der Waals surface area (Å²) in [7, 11) is 0. The Bertz CT molecular complexity index is 885. The maximum absolute atomic E-state index is 12.8. The maximum Gasteiger partial charge on any atom is 0.264 e. The topological polar surface area (TPSA) is 84.1 Å². The zero-order chi connectivity index (χ0) is 20.5. The standard InChI is InChI=1S/C19H23N5OS.C2H6/c1-3-9-24(10-8-20)19(25)16-11-15-17(21-12-22-18(15)26-16)23-14-6-4-13(2)5-7-14;1-2/h4-7,11-12H,3,8-10,20H2,1-2H3,(H,21,22,23);1-2H3. The van der Waals surface area contributed by atoms with Gasteiger partial charge in [0.1, 0.15) is 17.0 Å². The Morgan fingerprint density at radius 1 is 1.18 bits per heavy atom. The molecule has 0 saturated heterocycles. The summed E-state index contributed by atoms with van der Waals surface area (Å²) in [5.41, 5.74) is 7.79. The lowest BCUT2D eigenvalue weighted by atomic mass is 10.2. The predicted molar refractivity (Wildman–Crippen MR) is 118 cm³/mol. The summed E-state index contributed by atoms with van der Waals surface area (Å²) in [6.07, 6.45) is 2.42. The third kappa shape index (κ3) is 5.27. The molecule has 7 heteroatoms. The second-order valence-electron chi connectivity index (χ2n) is 6.12. The molecule has 1 amide bonds. The zero-order valence-corrected chi connectivity index (χ0v) is 17.8. The van der Waals surface area contributed by atoms with E-state index >= 15 is 0 Å². The molecule has 28 heavy (non-hydrogen) atoms. The Morgan fingerprint density at radius 3 is 2.54 bits per heavy atom. The molecule has 2 aromatic heterocycles. The van der Waals surface area contributed by atoms with Gasteiger partial charge in [-0.2, -0.15) is 0 Å². The molecule has 3 N–H and O–H groups in total. The van der Waals surface area contributed by atoms with Crippen molar-refractivity contribution in [3.63, 3.8) is 0 Å². The molecule has 0 atom stereocenters. The molecule has 0 unspecified atom stereocenters. The molecule has 3 rings (SSSR count). The molecular formula is C21H29N5OS. The van der Waals surface area contributed by atoms with Crippen LogP contribution in [0.3, 0.4) is 0 Å². The number of nitrogens with two attached hydrogens (primary N) is 1. The Morgan fingerprint density at radius 2 is 1.89 bits per heavy atom. The zero-order valence-electron chi connectivity index (χ0n) is 17.0. The number of aryl methyl sites for hydroxylation is 1. The van der Waals surface area contributed by atoms with E-state index in [4.69, 9.17) is 5.73 Å². The van der Waals surface area contributed by atoms with E-state index in [0.29, 0.717) is 30.3 Å². The smallest absolute Gasteiger partial charge is 0.264 e. The summed E-state index contributed by atoms with van der Waals surface area (Å²) in [4.78, 5) is 24.7. The molecule has 1 aromatic carbocycles. The van der Waals surface area contributed by atoms with E-state index < -0.39 is 0 Å². The van der Waals surface area contributed by atoms with E-state index in [9.17, 15) is 4.79 Å². The molecule has 150 valence electrons. The van der Waals surface area contributed by atoms with E-state index in [1.165, 1.54) is 23.2 Å². The van der Waals surface area contributed by atoms with Crippen molar-refractivity contribution < 1.29 is 4.79 Å². The first-order valence-electron chi connectivity index (χ1n) is 9.70. The van der Waals surface area contributed by atoms with Crippen LogP contribution >= 0.6 is 11.3 Å². The number of thiophene rings is 1. The molecule has 2 heterocycles.